The SMILES string of the molecule is CCCCCCCCc1ccc(OCCS(=O)(=O)O)cc1.CCCO. The van der Waals surface area contributed by atoms with Crippen LogP contribution in [0.15, 0.2) is 24.3 Å². The molecule has 2 N–H and O–H groups in total. The van der Waals surface area contributed by atoms with Gasteiger partial charge in [-0.2, -0.15) is 8.42 Å². The molecule has 0 saturated heterocycles. The molecule has 0 unspecified atom stereocenters. The molecule has 1 rings (SSSR count). The molecule has 1 aromatic rings. The summed E-state index contributed by atoms with van der Waals surface area (Å²) in [5.74, 6) is 0.248. The van der Waals surface area contributed by atoms with Gasteiger partial charge < -0.3 is 9.84 Å². The molecule has 0 aliphatic rings. The predicted octanol–water partition coefficient (Wildman–Crippen LogP) is 4.24. The number of ether oxygens (including phenoxy) is 1. The zero-order chi connectivity index (χ0) is 19.0. The Morgan fingerprint density at radius 1 is 0.920 bits per heavy atom. The Hall–Kier alpha value is -1.11. The van der Waals surface area contributed by atoms with Gasteiger partial charge in [-0.3, -0.25) is 4.55 Å². The van der Waals surface area contributed by atoms with E-state index in [4.69, 9.17) is 14.4 Å². The summed E-state index contributed by atoms with van der Waals surface area (Å²) in [5.41, 5.74) is 1.27. The quantitative estimate of drug-likeness (QED) is 0.422. The number of hydrogen-bond acceptors (Lipinski definition) is 4. The summed E-state index contributed by atoms with van der Waals surface area (Å²) in [7, 11) is -3.95. The summed E-state index contributed by atoms with van der Waals surface area (Å²) in [6.07, 6.45) is 9.66. The summed E-state index contributed by atoms with van der Waals surface area (Å²) in [6.45, 7) is 4.44. The summed E-state index contributed by atoms with van der Waals surface area (Å²) >= 11 is 0. The standard InChI is InChI=1S/C16H26O4S.C3H8O/c1-2-3-4-5-6-7-8-15-9-11-16(12-10-15)20-13-14-21(17,18)19;1-2-3-4/h9-12H,2-8,13-14H2,1H3,(H,17,18,19);4H,2-3H2,1H3. The molecule has 0 fully saturated rings. The Morgan fingerprint density at radius 2 is 1.48 bits per heavy atom. The zero-order valence-corrected chi connectivity index (χ0v) is 16.4. The van der Waals surface area contributed by atoms with Crippen LogP contribution in [0.2, 0.25) is 0 Å². The Kier molecular flexibility index (Phi) is 14.5. The van der Waals surface area contributed by atoms with E-state index in [2.05, 4.69) is 6.92 Å². The molecule has 0 radical (unpaired) electrons. The van der Waals surface area contributed by atoms with E-state index in [-0.39, 0.29) is 12.4 Å². The highest BCUT2D eigenvalue weighted by molar-refractivity contribution is 7.85. The number of benzene rings is 1. The van der Waals surface area contributed by atoms with Crippen LogP contribution in [0.1, 0.15) is 64.4 Å². The second kappa shape index (κ2) is 15.2. The van der Waals surface area contributed by atoms with Gasteiger partial charge in [-0.15, -0.1) is 0 Å². The van der Waals surface area contributed by atoms with Crippen molar-refractivity contribution < 1.29 is 22.8 Å². The number of aliphatic hydroxyl groups is 1. The molecule has 0 heterocycles. The lowest BCUT2D eigenvalue weighted by atomic mass is 10.0. The molecule has 0 aliphatic heterocycles. The van der Waals surface area contributed by atoms with Gasteiger partial charge in [0.2, 0.25) is 0 Å². The van der Waals surface area contributed by atoms with Gasteiger partial charge in [0.05, 0.1) is 0 Å². The van der Waals surface area contributed by atoms with Crippen molar-refractivity contribution in [3.8, 4) is 5.75 Å². The van der Waals surface area contributed by atoms with Crippen LogP contribution in [0.5, 0.6) is 5.75 Å². The first kappa shape index (κ1) is 23.9. The van der Waals surface area contributed by atoms with Gasteiger partial charge in [0.15, 0.2) is 0 Å². The minimum atomic E-state index is -3.95. The first-order valence-corrected chi connectivity index (χ1v) is 10.8. The van der Waals surface area contributed by atoms with E-state index in [0.29, 0.717) is 12.4 Å². The van der Waals surface area contributed by atoms with Gasteiger partial charge in [0.25, 0.3) is 10.1 Å². The summed E-state index contributed by atoms with van der Waals surface area (Å²) in [5, 5.41) is 7.88. The third kappa shape index (κ3) is 16.1. The van der Waals surface area contributed by atoms with Gasteiger partial charge in [0, 0.05) is 6.61 Å². The largest absolute Gasteiger partial charge is 0.492 e. The lowest BCUT2D eigenvalue weighted by molar-refractivity contribution is 0.295. The van der Waals surface area contributed by atoms with Gasteiger partial charge >= 0.3 is 0 Å². The van der Waals surface area contributed by atoms with E-state index in [9.17, 15) is 8.42 Å². The molecule has 146 valence electrons. The second-order valence-corrected chi connectivity index (χ2v) is 7.59. The first-order chi connectivity index (χ1) is 11.9. The number of aryl methyl sites for hydroxylation is 1. The molecule has 0 aliphatic carbocycles. The average Bonchev–Trinajstić information content (AvgIpc) is 2.58. The van der Waals surface area contributed by atoms with Crippen molar-refractivity contribution in [1.29, 1.82) is 0 Å². The highest BCUT2D eigenvalue weighted by atomic mass is 32.2. The van der Waals surface area contributed by atoms with Crippen molar-refractivity contribution in [2.24, 2.45) is 0 Å². The topological polar surface area (TPSA) is 83.8 Å². The monoisotopic (exact) mass is 374 g/mol. The zero-order valence-electron chi connectivity index (χ0n) is 15.6. The molecule has 0 saturated carbocycles. The maximum Gasteiger partial charge on any atom is 0.268 e. The summed E-state index contributed by atoms with van der Waals surface area (Å²) < 4.78 is 35.0. The molecular weight excluding hydrogens is 340 g/mol. The van der Waals surface area contributed by atoms with Gasteiger partial charge in [0.1, 0.15) is 18.1 Å². The van der Waals surface area contributed by atoms with Crippen LogP contribution in [0.25, 0.3) is 0 Å². The average molecular weight is 375 g/mol. The van der Waals surface area contributed by atoms with Crippen LogP contribution in [-0.4, -0.2) is 37.0 Å². The van der Waals surface area contributed by atoms with E-state index in [1.54, 1.807) is 0 Å². The van der Waals surface area contributed by atoms with Crippen molar-refractivity contribution >= 4 is 10.1 Å². The van der Waals surface area contributed by atoms with Gasteiger partial charge in [-0.1, -0.05) is 58.1 Å². The molecule has 0 amide bonds. The summed E-state index contributed by atoms with van der Waals surface area (Å²) in [6, 6.07) is 7.70. The van der Waals surface area contributed by atoms with E-state index < -0.39 is 10.1 Å². The Balaban J connectivity index is 0.00000129. The minimum Gasteiger partial charge on any atom is -0.492 e. The second-order valence-electron chi connectivity index (χ2n) is 6.02. The van der Waals surface area contributed by atoms with E-state index in [1.165, 1.54) is 44.1 Å². The highest BCUT2D eigenvalue weighted by Gasteiger charge is 2.04. The molecule has 1 aromatic carbocycles. The van der Waals surface area contributed by atoms with Crippen LogP contribution < -0.4 is 4.74 Å². The molecule has 5 nitrogen and oxygen atoms in total. The molecule has 0 spiro atoms. The smallest absolute Gasteiger partial charge is 0.268 e. The lowest BCUT2D eigenvalue weighted by Gasteiger charge is -2.06. The third-order valence-corrected chi connectivity index (χ3v) is 4.26. The fraction of sp³-hybridized carbons (Fsp3) is 0.684. The summed E-state index contributed by atoms with van der Waals surface area (Å²) in [4.78, 5) is 0. The molecule has 0 atom stereocenters. The number of aliphatic hydroxyl groups excluding tert-OH is 1. The van der Waals surface area contributed by atoms with Crippen LogP contribution in [0, 0.1) is 0 Å². The molecule has 0 aromatic heterocycles. The fourth-order valence-corrected chi connectivity index (χ4v) is 2.42. The normalized spacial score (nSPS) is 10.9. The van der Waals surface area contributed by atoms with Gasteiger partial charge in [-0.25, -0.2) is 0 Å². The third-order valence-electron chi connectivity index (χ3n) is 3.58. The number of unbranched alkanes of at least 4 members (excludes halogenated alkanes) is 5. The molecule has 0 bridgehead atoms. The van der Waals surface area contributed by atoms with Gasteiger partial charge in [-0.05, 0) is 37.0 Å². The molecular formula is C19H34O5S. The predicted molar refractivity (Wildman–Crippen MR) is 103 cm³/mol. The lowest BCUT2D eigenvalue weighted by Crippen LogP contribution is -2.12. The van der Waals surface area contributed by atoms with Crippen molar-refractivity contribution in [3.63, 3.8) is 0 Å². The van der Waals surface area contributed by atoms with E-state index in [0.717, 1.165) is 12.8 Å². The van der Waals surface area contributed by atoms with Crippen molar-refractivity contribution in [2.45, 2.75) is 65.2 Å². The number of hydrogen-bond donors (Lipinski definition) is 2. The van der Waals surface area contributed by atoms with E-state index in [1.807, 2.05) is 31.2 Å². The van der Waals surface area contributed by atoms with Crippen LogP contribution >= 0.6 is 0 Å². The highest BCUT2D eigenvalue weighted by Crippen LogP contribution is 2.15. The minimum absolute atomic E-state index is 0.0321. The Bertz CT molecular complexity index is 509. The van der Waals surface area contributed by atoms with E-state index >= 15 is 0 Å². The fourth-order valence-electron chi connectivity index (χ4n) is 2.13. The Morgan fingerprint density at radius 3 is 2.00 bits per heavy atom. The van der Waals surface area contributed by atoms with Crippen molar-refractivity contribution in [3.05, 3.63) is 29.8 Å². The van der Waals surface area contributed by atoms with Crippen molar-refractivity contribution in [2.75, 3.05) is 19.0 Å². The first-order valence-electron chi connectivity index (χ1n) is 9.20. The van der Waals surface area contributed by atoms with Crippen LogP contribution in [-0.2, 0) is 16.5 Å². The van der Waals surface area contributed by atoms with Crippen molar-refractivity contribution in [1.82, 2.24) is 0 Å². The Labute approximate surface area is 153 Å². The number of rotatable bonds is 12. The molecule has 25 heavy (non-hydrogen) atoms. The van der Waals surface area contributed by atoms with Crippen LogP contribution in [0.3, 0.4) is 0 Å². The van der Waals surface area contributed by atoms with Crippen LogP contribution in [0.4, 0.5) is 0 Å². The maximum atomic E-state index is 10.6. The maximum absolute atomic E-state index is 10.6. The molecule has 6 heteroatoms.